The molecule has 2 atom stereocenters. The summed E-state index contributed by atoms with van der Waals surface area (Å²) in [6.45, 7) is 7.09. The maximum absolute atomic E-state index is 12.7. The summed E-state index contributed by atoms with van der Waals surface area (Å²) >= 11 is 0. The van der Waals surface area contributed by atoms with Crippen molar-refractivity contribution in [3.8, 4) is 0 Å². The Hall–Kier alpha value is -1.48. The van der Waals surface area contributed by atoms with Gasteiger partial charge in [-0.25, -0.2) is 8.42 Å². The molecule has 0 aliphatic carbocycles. The standard InChI is InChI=1S/C18H27N3O4S/c1-14-11-20(12-15(2)25-14)13-18(22)19-16-6-5-7-17(10-16)26(23,24)21-8-3-4-9-21/h5-7,10,14-15H,3-4,8-9,11-13H2,1-2H3,(H,19,22)/p+1/t14-,15-/m0/s1. The number of carbonyl (C=O) groups excluding carboxylic acids is 1. The Labute approximate surface area is 155 Å². The molecule has 0 bridgehead atoms. The highest BCUT2D eigenvalue weighted by Crippen LogP contribution is 2.23. The molecule has 0 radical (unpaired) electrons. The molecule has 1 aromatic carbocycles. The summed E-state index contributed by atoms with van der Waals surface area (Å²) in [7, 11) is -3.48. The number of sulfonamides is 1. The molecular formula is C18H28N3O4S+. The van der Waals surface area contributed by atoms with E-state index in [0.717, 1.165) is 25.9 Å². The molecule has 7 nitrogen and oxygen atoms in total. The van der Waals surface area contributed by atoms with Crippen molar-refractivity contribution in [1.82, 2.24) is 4.31 Å². The molecule has 3 rings (SSSR count). The second kappa shape index (κ2) is 8.04. The van der Waals surface area contributed by atoms with Gasteiger partial charge >= 0.3 is 0 Å². The number of quaternary nitrogens is 1. The molecule has 0 aromatic heterocycles. The lowest BCUT2D eigenvalue weighted by molar-refractivity contribution is -0.907. The Kier molecular flexibility index (Phi) is 5.96. The zero-order chi connectivity index (χ0) is 18.7. The van der Waals surface area contributed by atoms with Crippen LogP contribution in [-0.4, -0.2) is 63.6 Å². The smallest absolute Gasteiger partial charge is 0.279 e. The molecule has 1 aromatic rings. The van der Waals surface area contributed by atoms with Crippen molar-refractivity contribution in [2.45, 2.75) is 43.8 Å². The van der Waals surface area contributed by atoms with Gasteiger partial charge in [0.1, 0.15) is 25.3 Å². The van der Waals surface area contributed by atoms with Crippen LogP contribution in [-0.2, 0) is 19.6 Å². The number of anilines is 1. The van der Waals surface area contributed by atoms with Crippen LogP contribution in [0, 0.1) is 0 Å². The van der Waals surface area contributed by atoms with E-state index in [2.05, 4.69) is 5.32 Å². The Bertz CT molecular complexity index is 737. The quantitative estimate of drug-likeness (QED) is 0.757. The van der Waals surface area contributed by atoms with Crippen molar-refractivity contribution >= 4 is 21.6 Å². The Morgan fingerprint density at radius 1 is 1.23 bits per heavy atom. The van der Waals surface area contributed by atoms with E-state index < -0.39 is 10.0 Å². The third kappa shape index (κ3) is 4.62. The molecule has 26 heavy (non-hydrogen) atoms. The number of nitrogens with one attached hydrogen (secondary N) is 2. The van der Waals surface area contributed by atoms with Gasteiger partial charge in [-0.2, -0.15) is 4.31 Å². The van der Waals surface area contributed by atoms with Gasteiger partial charge in [0.05, 0.1) is 4.90 Å². The molecular weight excluding hydrogens is 354 g/mol. The Balaban J connectivity index is 1.64. The van der Waals surface area contributed by atoms with E-state index in [1.54, 1.807) is 24.3 Å². The van der Waals surface area contributed by atoms with Gasteiger partial charge in [-0.1, -0.05) is 6.07 Å². The number of morpholine rings is 1. The molecule has 2 aliphatic heterocycles. The minimum Gasteiger partial charge on any atom is -0.364 e. The van der Waals surface area contributed by atoms with Crippen LogP contribution in [0.2, 0.25) is 0 Å². The van der Waals surface area contributed by atoms with Gasteiger partial charge in [-0.3, -0.25) is 4.79 Å². The van der Waals surface area contributed by atoms with Crippen molar-refractivity contribution < 1.29 is 22.8 Å². The number of ether oxygens (including phenoxy) is 1. The predicted molar refractivity (Wildman–Crippen MR) is 98.6 cm³/mol. The van der Waals surface area contributed by atoms with Gasteiger partial charge < -0.3 is 15.0 Å². The minimum absolute atomic E-state index is 0.114. The van der Waals surface area contributed by atoms with Crippen molar-refractivity contribution in [3.05, 3.63) is 24.3 Å². The highest BCUT2D eigenvalue weighted by molar-refractivity contribution is 7.89. The van der Waals surface area contributed by atoms with Gasteiger partial charge in [0.2, 0.25) is 10.0 Å². The van der Waals surface area contributed by atoms with E-state index in [0.29, 0.717) is 25.3 Å². The third-order valence-corrected chi connectivity index (χ3v) is 6.74. The molecule has 0 saturated carbocycles. The molecule has 8 heteroatoms. The first-order chi connectivity index (χ1) is 12.3. The lowest BCUT2D eigenvalue weighted by Gasteiger charge is -2.31. The van der Waals surface area contributed by atoms with Crippen LogP contribution < -0.4 is 10.2 Å². The number of hydrogen-bond donors (Lipinski definition) is 2. The summed E-state index contributed by atoms with van der Waals surface area (Å²) in [5.41, 5.74) is 0.518. The average Bonchev–Trinajstić information content (AvgIpc) is 3.09. The van der Waals surface area contributed by atoms with Crippen LogP contribution in [0.5, 0.6) is 0 Å². The summed E-state index contributed by atoms with van der Waals surface area (Å²) in [5, 5.41) is 2.84. The normalized spacial score (nSPS) is 27.4. The monoisotopic (exact) mass is 382 g/mol. The zero-order valence-electron chi connectivity index (χ0n) is 15.4. The van der Waals surface area contributed by atoms with E-state index in [4.69, 9.17) is 4.74 Å². The molecule has 2 fully saturated rings. The Morgan fingerprint density at radius 3 is 2.54 bits per heavy atom. The summed E-state index contributed by atoms with van der Waals surface area (Å²) in [4.78, 5) is 13.8. The van der Waals surface area contributed by atoms with Gasteiger partial charge in [0, 0.05) is 18.8 Å². The lowest BCUT2D eigenvalue weighted by Crippen LogP contribution is -3.16. The number of benzene rings is 1. The van der Waals surface area contributed by atoms with Gasteiger partial charge in [-0.15, -0.1) is 0 Å². The summed E-state index contributed by atoms with van der Waals surface area (Å²) in [6.07, 6.45) is 2.06. The van der Waals surface area contributed by atoms with Crippen LogP contribution in [0.3, 0.4) is 0 Å². The van der Waals surface area contributed by atoms with Crippen molar-refractivity contribution in [2.75, 3.05) is 38.0 Å². The van der Waals surface area contributed by atoms with Crippen LogP contribution in [0.1, 0.15) is 26.7 Å². The molecule has 144 valence electrons. The van der Waals surface area contributed by atoms with Gasteiger partial charge in [0.15, 0.2) is 6.54 Å². The third-order valence-electron chi connectivity index (χ3n) is 4.85. The van der Waals surface area contributed by atoms with Gasteiger partial charge in [-0.05, 0) is 44.9 Å². The molecule has 0 unspecified atom stereocenters. The Morgan fingerprint density at radius 2 is 1.88 bits per heavy atom. The minimum atomic E-state index is -3.48. The molecule has 2 N–H and O–H groups in total. The largest absolute Gasteiger partial charge is 0.364 e. The topological polar surface area (TPSA) is 80.2 Å². The summed E-state index contributed by atoms with van der Waals surface area (Å²) < 4.78 is 32.5. The summed E-state index contributed by atoms with van der Waals surface area (Å²) in [5.74, 6) is -0.114. The van der Waals surface area contributed by atoms with Crippen LogP contribution in [0.25, 0.3) is 0 Å². The van der Waals surface area contributed by atoms with Crippen molar-refractivity contribution in [3.63, 3.8) is 0 Å². The first-order valence-corrected chi connectivity index (χ1v) is 10.7. The number of carbonyl (C=O) groups is 1. The molecule has 0 spiro atoms. The fourth-order valence-electron chi connectivity index (χ4n) is 3.78. The first-order valence-electron chi connectivity index (χ1n) is 9.23. The van der Waals surface area contributed by atoms with E-state index in [1.807, 2.05) is 13.8 Å². The number of amides is 1. The molecule has 1 amide bonds. The highest BCUT2D eigenvalue weighted by Gasteiger charge is 2.28. The van der Waals surface area contributed by atoms with Crippen LogP contribution >= 0.6 is 0 Å². The lowest BCUT2D eigenvalue weighted by atomic mass is 10.2. The van der Waals surface area contributed by atoms with E-state index in [1.165, 1.54) is 9.21 Å². The first kappa shape index (κ1) is 19.3. The average molecular weight is 383 g/mol. The second-order valence-corrected chi connectivity index (χ2v) is 9.22. The van der Waals surface area contributed by atoms with Crippen LogP contribution in [0.15, 0.2) is 29.2 Å². The highest BCUT2D eigenvalue weighted by atomic mass is 32.2. The number of hydrogen-bond acceptors (Lipinski definition) is 4. The van der Waals surface area contributed by atoms with Crippen LogP contribution in [0.4, 0.5) is 5.69 Å². The molecule has 2 aliphatic rings. The number of nitrogens with zero attached hydrogens (tertiary/aromatic N) is 1. The predicted octanol–water partition coefficient (Wildman–Crippen LogP) is 0.102. The van der Waals surface area contributed by atoms with E-state index >= 15 is 0 Å². The molecule has 2 saturated heterocycles. The fourth-order valence-corrected chi connectivity index (χ4v) is 5.34. The zero-order valence-corrected chi connectivity index (χ0v) is 16.2. The van der Waals surface area contributed by atoms with Gasteiger partial charge in [0.25, 0.3) is 5.91 Å². The maximum Gasteiger partial charge on any atom is 0.279 e. The van der Waals surface area contributed by atoms with E-state index in [9.17, 15) is 13.2 Å². The van der Waals surface area contributed by atoms with Crippen molar-refractivity contribution in [2.24, 2.45) is 0 Å². The fraction of sp³-hybridized carbons (Fsp3) is 0.611. The number of rotatable bonds is 5. The SMILES string of the molecule is C[C@H]1C[NH+](CC(=O)Nc2cccc(S(=O)(=O)N3CCCC3)c2)C[C@H](C)O1. The maximum atomic E-state index is 12.7. The van der Waals surface area contributed by atoms with Crippen molar-refractivity contribution in [1.29, 1.82) is 0 Å². The second-order valence-electron chi connectivity index (χ2n) is 7.28. The van der Waals surface area contributed by atoms with E-state index in [-0.39, 0.29) is 23.0 Å². The molecule has 2 heterocycles. The summed E-state index contributed by atoms with van der Waals surface area (Å²) in [6, 6.07) is 6.52.